The average molecular weight is 277 g/mol. The van der Waals surface area contributed by atoms with Gasteiger partial charge in [-0.25, -0.2) is 13.6 Å². The van der Waals surface area contributed by atoms with Gasteiger partial charge in [0.15, 0.2) is 0 Å². The van der Waals surface area contributed by atoms with Crippen molar-refractivity contribution >= 4 is 5.97 Å². The maximum atomic E-state index is 12.8. The molecule has 0 aliphatic carbocycles. The van der Waals surface area contributed by atoms with Crippen molar-refractivity contribution in [3.8, 4) is 0 Å². The van der Waals surface area contributed by atoms with Crippen molar-refractivity contribution in [3.63, 3.8) is 0 Å². The summed E-state index contributed by atoms with van der Waals surface area (Å²) in [5, 5.41) is 14.8. The molecule has 0 amide bonds. The van der Waals surface area contributed by atoms with Gasteiger partial charge in [0.25, 0.3) is 5.92 Å². The number of esters is 1. The van der Waals surface area contributed by atoms with Crippen molar-refractivity contribution < 1.29 is 23.4 Å². The highest BCUT2D eigenvalue weighted by Crippen LogP contribution is 2.12. The number of ether oxygens (including phenoxy) is 1. The Hall–Kier alpha value is -1.54. The number of aryl methyl sites for hydroxylation is 1. The molecule has 0 aliphatic rings. The van der Waals surface area contributed by atoms with Gasteiger partial charge in [0.05, 0.1) is 25.0 Å². The smallest absolute Gasteiger partial charge is 0.341 e. The molecule has 0 unspecified atom stereocenters. The third kappa shape index (κ3) is 4.25. The highest BCUT2D eigenvalue weighted by molar-refractivity contribution is 5.90. The molecule has 0 saturated heterocycles. The fraction of sp³-hybridized carbons (Fsp3) is 0.636. The summed E-state index contributed by atoms with van der Waals surface area (Å²) in [7, 11) is 1.60. The molecule has 0 radical (unpaired) electrons. The molecule has 0 aromatic carbocycles. The Morgan fingerprint density at radius 1 is 1.63 bits per heavy atom. The lowest BCUT2D eigenvalue weighted by Crippen LogP contribution is -2.36. The molecule has 1 rings (SSSR count). The normalized spacial score (nSPS) is 11.6. The lowest BCUT2D eigenvalue weighted by molar-refractivity contribution is -0.0478. The highest BCUT2D eigenvalue weighted by Gasteiger charge is 2.27. The predicted molar refractivity (Wildman–Crippen MR) is 62.9 cm³/mol. The Kier molecular flexibility index (Phi) is 5.37. The van der Waals surface area contributed by atoms with Crippen molar-refractivity contribution in [2.24, 2.45) is 7.05 Å². The molecule has 0 fully saturated rings. The van der Waals surface area contributed by atoms with Gasteiger partial charge in [0, 0.05) is 13.6 Å². The molecule has 2 N–H and O–H groups in total. The van der Waals surface area contributed by atoms with E-state index in [0.717, 1.165) is 0 Å². The Morgan fingerprint density at radius 3 is 2.89 bits per heavy atom. The van der Waals surface area contributed by atoms with Crippen LogP contribution in [0.5, 0.6) is 0 Å². The van der Waals surface area contributed by atoms with Crippen molar-refractivity contribution in [3.05, 3.63) is 17.5 Å². The van der Waals surface area contributed by atoms with E-state index < -0.39 is 25.0 Å². The van der Waals surface area contributed by atoms with Gasteiger partial charge >= 0.3 is 5.97 Å². The summed E-state index contributed by atoms with van der Waals surface area (Å²) < 4.78 is 31.9. The van der Waals surface area contributed by atoms with E-state index >= 15 is 0 Å². The van der Waals surface area contributed by atoms with E-state index in [-0.39, 0.29) is 18.7 Å². The van der Waals surface area contributed by atoms with Crippen LogP contribution in [0.2, 0.25) is 0 Å². The number of carbonyl (C=O) groups is 1. The Bertz CT molecular complexity index is 435. The van der Waals surface area contributed by atoms with Crippen molar-refractivity contribution in [2.75, 3.05) is 19.8 Å². The first kappa shape index (κ1) is 15.5. The molecule has 19 heavy (non-hydrogen) atoms. The Morgan fingerprint density at radius 2 is 2.32 bits per heavy atom. The number of nitrogens with zero attached hydrogens (tertiary/aromatic N) is 2. The maximum Gasteiger partial charge on any atom is 0.341 e. The summed E-state index contributed by atoms with van der Waals surface area (Å²) in [5.74, 6) is -3.73. The van der Waals surface area contributed by atoms with Gasteiger partial charge in [-0.15, -0.1) is 0 Å². The van der Waals surface area contributed by atoms with Crippen LogP contribution in [-0.4, -0.2) is 46.5 Å². The first-order valence-electron chi connectivity index (χ1n) is 5.78. The zero-order valence-corrected chi connectivity index (χ0v) is 10.8. The molecule has 6 nitrogen and oxygen atoms in total. The lowest BCUT2D eigenvalue weighted by Gasteiger charge is -2.14. The van der Waals surface area contributed by atoms with Crippen LogP contribution in [-0.2, 0) is 18.3 Å². The summed E-state index contributed by atoms with van der Waals surface area (Å²) in [6, 6.07) is 0. The van der Waals surface area contributed by atoms with Crippen LogP contribution in [0.4, 0.5) is 8.78 Å². The van der Waals surface area contributed by atoms with E-state index in [4.69, 9.17) is 9.84 Å². The number of aliphatic hydroxyl groups is 1. The van der Waals surface area contributed by atoms with Gasteiger partial charge in [-0.3, -0.25) is 4.68 Å². The summed E-state index contributed by atoms with van der Waals surface area (Å²) in [5.41, 5.74) is 0.691. The van der Waals surface area contributed by atoms with E-state index in [2.05, 4.69) is 10.4 Å². The van der Waals surface area contributed by atoms with Crippen LogP contribution in [0.1, 0.15) is 23.0 Å². The third-order valence-corrected chi connectivity index (χ3v) is 2.46. The van der Waals surface area contributed by atoms with E-state index in [1.807, 2.05) is 0 Å². The fourth-order valence-corrected chi connectivity index (χ4v) is 1.47. The molecule has 108 valence electrons. The molecule has 1 heterocycles. The molecule has 0 bridgehead atoms. The van der Waals surface area contributed by atoms with Crippen LogP contribution < -0.4 is 5.32 Å². The van der Waals surface area contributed by atoms with Gasteiger partial charge in [0.2, 0.25) is 0 Å². The van der Waals surface area contributed by atoms with Crippen molar-refractivity contribution in [1.82, 2.24) is 15.1 Å². The van der Waals surface area contributed by atoms with Gasteiger partial charge in [-0.2, -0.15) is 5.10 Å². The lowest BCUT2D eigenvalue weighted by atomic mass is 10.2. The fourth-order valence-electron chi connectivity index (χ4n) is 1.47. The summed E-state index contributed by atoms with van der Waals surface area (Å²) in [4.78, 5) is 11.6. The summed E-state index contributed by atoms with van der Waals surface area (Å²) in [6.07, 6.45) is 1.33. The highest BCUT2D eigenvalue weighted by atomic mass is 19.3. The van der Waals surface area contributed by atoms with Gasteiger partial charge in [-0.05, 0) is 6.92 Å². The quantitative estimate of drug-likeness (QED) is 0.702. The number of hydrogen-bond acceptors (Lipinski definition) is 5. The number of alkyl halides is 2. The monoisotopic (exact) mass is 277 g/mol. The second-order valence-electron chi connectivity index (χ2n) is 3.97. The number of carbonyl (C=O) groups excluding carboxylic acids is 1. The second kappa shape index (κ2) is 6.58. The van der Waals surface area contributed by atoms with Crippen molar-refractivity contribution in [2.45, 2.75) is 19.4 Å². The molecule has 1 aromatic rings. The number of halogens is 2. The molecule has 8 heteroatoms. The molecule has 0 aliphatic heterocycles. The van der Waals surface area contributed by atoms with Crippen LogP contribution >= 0.6 is 0 Å². The van der Waals surface area contributed by atoms with Crippen LogP contribution in [0.3, 0.4) is 0 Å². The Labute approximate surface area is 109 Å². The zero-order chi connectivity index (χ0) is 14.5. The minimum atomic E-state index is -3.19. The zero-order valence-electron chi connectivity index (χ0n) is 10.8. The van der Waals surface area contributed by atoms with E-state index in [9.17, 15) is 13.6 Å². The second-order valence-corrected chi connectivity index (χ2v) is 3.97. The first-order valence-corrected chi connectivity index (χ1v) is 5.78. The standard InChI is InChI=1S/C11H17F2N3O3/c1-3-19-10(18)8-4-15-16(2)9(8)5-14-6-11(12,13)7-17/h4,14,17H,3,5-7H2,1-2H3. The average Bonchev–Trinajstić information content (AvgIpc) is 2.71. The SMILES string of the molecule is CCOC(=O)c1cnn(C)c1CNCC(F)(F)CO. The largest absolute Gasteiger partial charge is 0.462 e. The number of aromatic nitrogens is 2. The van der Waals surface area contributed by atoms with E-state index in [1.54, 1.807) is 14.0 Å². The van der Waals surface area contributed by atoms with Gasteiger partial charge in [0.1, 0.15) is 12.2 Å². The summed E-state index contributed by atoms with van der Waals surface area (Å²) >= 11 is 0. The van der Waals surface area contributed by atoms with Crippen LogP contribution in [0.25, 0.3) is 0 Å². The van der Waals surface area contributed by atoms with E-state index in [0.29, 0.717) is 5.69 Å². The third-order valence-electron chi connectivity index (χ3n) is 2.46. The Balaban J connectivity index is 2.68. The molecule has 1 aromatic heterocycles. The maximum absolute atomic E-state index is 12.8. The molecule has 0 saturated carbocycles. The number of aliphatic hydroxyl groups excluding tert-OH is 1. The number of hydrogen-bond donors (Lipinski definition) is 2. The molecule has 0 atom stereocenters. The number of nitrogens with one attached hydrogen (secondary N) is 1. The number of rotatable bonds is 7. The topological polar surface area (TPSA) is 76.4 Å². The minimum absolute atomic E-state index is 0.0280. The predicted octanol–water partition coefficient (Wildman–Crippen LogP) is 0.314. The van der Waals surface area contributed by atoms with Gasteiger partial charge in [-0.1, -0.05) is 0 Å². The van der Waals surface area contributed by atoms with Crippen LogP contribution in [0, 0.1) is 0 Å². The molecular weight excluding hydrogens is 260 g/mol. The van der Waals surface area contributed by atoms with Crippen LogP contribution in [0.15, 0.2) is 6.20 Å². The molecular formula is C11H17F2N3O3. The first-order chi connectivity index (χ1) is 8.91. The van der Waals surface area contributed by atoms with Crippen molar-refractivity contribution in [1.29, 1.82) is 0 Å². The van der Waals surface area contributed by atoms with Gasteiger partial charge < -0.3 is 15.2 Å². The summed E-state index contributed by atoms with van der Waals surface area (Å²) in [6.45, 7) is 0.0183. The van der Waals surface area contributed by atoms with E-state index in [1.165, 1.54) is 10.9 Å². The minimum Gasteiger partial charge on any atom is -0.462 e. The molecule has 0 spiro atoms.